The molecule has 0 aliphatic carbocycles. The Labute approximate surface area is 121 Å². The van der Waals surface area contributed by atoms with Gasteiger partial charge in [0.15, 0.2) is 0 Å². The van der Waals surface area contributed by atoms with Crippen molar-refractivity contribution in [1.82, 2.24) is 4.72 Å². The molecule has 0 atom stereocenters. The molecule has 0 amide bonds. The van der Waals surface area contributed by atoms with Crippen molar-refractivity contribution in [3.63, 3.8) is 0 Å². The first-order valence-electron chi connectivity index (χ1n) is 5.48. The van der Waals surface area contributed by atoms with Crippen LogP contribution in [0.1, 0.15) is 9.75 Å². The van der Waals surface area contributed by atoms with Crippen molar-refractivity contribution in [2.24, 2.45) is 0 Å². The fourth-order valence-corrected chi connectivity index (χ4v) is 4.01. The minimum absolute atomic E-state index is 0.00226. The molecule has 0 bridgehead atoms. The van der Waals surface area contributed by atoms with E-state index in [1.54, 1.807) is 17.4 Å². The summed E-state index contributed by atoms with van der Waals surface area (Å²) >= 11 is 7.44. The summed E-state index contributed by atoms with van der Waals surface area (Å²) in [4.78, 5) is 2.08. The summed E-state index contributed by atoms with van der Waals surface area (Å²) in [5.41, 5.74) is 5.94. The molecule has 0 saturated carbocycles. The maximum atomic E-state index is 12.1. The van der Waals surface area contributed by atoms with Crippen LogP contribution in [0.15, 0.2) is 35.2 Å². The van der Waals surface area contributed by atoms with Gasteiger partial charge in [-0.25, -0.2) is 13.1 Å². The summed E-state index contributed by atoms with van der Waals surface area (Å²) < 4.78 is 26.8. The van der Waals surface area contributed by atoms with E-state index >= 15 is 0 Å². The maximum absolute atomic E-state index is 12.1. The van der Waals surface area contributed by atoms with Gasteiger partial charge in [-0.3, -0.25) is 0 Å². The van der Waals surface area contributed by atoms with Gasteiger partial charge >= 0.3 is 0 Å². The predicted molar refractivity (Wildman–Crippen MR) is 78.9 cm³/mol. The van der Waals surface area contributed by atoms with Gasteiger partial charge in [-0.05, 0) is 37.3 Å². The van der Waals surface area contributed by atoms with Crippen LogP contribution in [0.2, 0.25) is 5.02 Å². The Hall–Kier alpha value is -1.08. The number of aryl methyl sites for hydroxylation is 1. The van der Waals surface area contributed by atoms with E-state index in [1.807, 2.05) is 19.1 Å². The normalized spacial score (nSPS) is 11.7. The average molecular weight is 317 g/mol. The summed E-state index contributed by atoms with van der Waals surface area (Å²) in [5.74, 6) is 0. The molecule has 4 nitrogen and oxygen atoms in total. The molecule has 0 unspecified atom stereocenters. The highest BCUT2D eigenvalue weighted by atomic mass is 35.5. The number of benzene rings is 1. The number of thiophene rings is 1. The molecule has 102 valence electrons. The molecule has 0 spiro atoms. The third-order valence-electron chi connectivity index (χ3n) is 2.48. The molecule has 0 aliphatic heterocycles. The Balaban J connectivity index is 2.20. The van der Waals surface area contributed by atoms with Crippen molar-refractivity contribution >= 4 is 38.6 Å². The van der Waals surface area contributed by atoms with Gasteiger partial charge in [0.2, 0.25) is 10.0 Å². The molecule has 1 aromatic heterocycles. The smallest absolute Gasteiger partial charge is 0.242 e. The van der Waals surface area contributed by atoms with Gasteiger partial charge in [0.25, 0.3) is 0 Å². The zero-order valence-corrected chi connectivity index (χ0v) is 12.6. The fraction of sp³-hybridized carbons (Fsp3) is 0.167. The Morgan fingerprint density at radius 1 is 1.32 bits per heavy atom. The first kappa shape index (κ1) is 14.3. The number of anilines is 1. The molecule has 2 rings (SSSR count). The molecule has 1 aromatic carbocycles. The first-order chi connectivity index (χ1) is 8.88. The molecule has 0 saturated heterocycles. The number of rotatable bonds is 4. The molecule has 7 heteroatoms. The Kier molecular flexibility index (Phi) is 4.15. The number of nitrogens with one attached hydrogen (secondary N) is 1. The number of hydrogen-bond acceptors (Lipinski definition) is 4. The van der Waals surface area contributed by atoms with Crippen LogP contribution in [-0.2, 0) is 16.6 Å². The van der Waals surface area contributed by atoms with Crippen LogP contribution >= 0.6 is 22.9 Å². The largest absolute Gasteiger partial charge is 0.399 e. The lowest BCUT2D eigenvalue weighted by molar-refractivity contribution is 0.582. The van der Waals surface area contributed by atoms with E-state index in [-0.39, 0.29) is 16.5 Å². The average Bonchev–Trinajstić information content (AvgIpc) is 2.76. The highest BCUT2D eigenvalue weighted by Crippen LogP contribution is 2.24. The van der Waals surface area contributed by atoms with Gasteiger partial charge < -0.3 is 5.73 Å². The molecule has 19 heavy (non-hydrogen) atoms. The van der Waals surface area contributed by atoms with Crippen molar-refractivity contribution < 1.29 is 8.42 Å². The molecule has 0 radical (unpaired) electrons. The number of nitrogens with two attached hydrogens (primary N) is 1. The van der Waals surface area contributed by atoms with E-state index in [0.717, 1.165) is 9.75 Å². The Morgan fingerprint density at radius 2 is 2.05 bits per heavy atom. The van der Waals surface area contributed by atoms with E-state index < -0.39 is 10.0 Å². The molecule has 2 aromatic rings. The van der Waals surface area contributed by atoms with Crippen LogP contribution < -0.4 is 10.5 Å². The Morgan fingerprint density at radius 3 is 2.68 bits per heavy atom. The van der Waals surface area contributed by atoms with Crippen molar-refractivity contribution in [3.05, 3.63) is 45.1 Å². The van der Waals surface area contributed by atoms with E-state index in [1.165, 1.54) is 12.1 Å². The van der Waals surface area contributed by atoms with Gasteiger partial charge in [-0.1, -0.05) is 11.6 Å². The van der Waals surface area contributed by atoms with Crippen LogP contribution in [0, 0.1) is 6.92 Å². The fourth-order valence-electron chi connectivity index (χ4n) is 1.55. The SMILES string of the molecule is Cc1ccc(CNS(=O)(=O)c2cc(N)ccc2Cl)s1. The van der Waals surface area contributed by atoms with Crippen molar-refractivity contribution in [2.45, 2.75) is 18.4 Å². The van der Waals surface area contributed by atoms with Gasteiger partial charge in [-0.2, -0.15) is 0 Å². The second kappa shape index (κ2) is 5.50. The van der Waals surface area contributed by atoms with Crippen LogP contribution in [0.4, 0.5) is 5.69 Å². The number of halogens is 1. The highest BCUT2D eigenvalue weighted by Gasteiger charge is 2.18. The minimum Gasteiger partial charge on any atom is -0.399 e. The van der Waals surface area contributed by atoms with Crippen molar-refractivity contribution in [2.75, 3.05) is 5.73 Å². The second-order valence-electron chi connectivity index (χ2n) is 4.03. The van der Waals surface area contributed by atoms with E-state index in [4.69, 9.17) is 17.3 Å². The molecular weight excluding hydrogens is 304 g/mol. The lowest BCUT2D eigenvalue weighted by atomic mass is 10.3. The molecule has 1 heterocycles. The number of nitrogen functional groups attached to an aromatic ring is 1. The second-order valence-corrected chi connectivity index (χ2v) is 7.54. The molecular formula is C12H13ClN2O2S2. The summed E-state index contributed by atoms with van der Waals surface area (Å²) in [5, 5.41) is 0.157. The Bertz CT molecular complexity index is 696. The third-order valence-corrected chi connectivity index (χ3v) is 5.36. The first-order valence-corrected chi connectivity index (χ1v) is 8.16. The van der Waals surface area contributed by atoms with E-state index in [9.17, 15) is 8.42 Å². The quantitative estimate of drug-likeness (QED) is 0.852. The van der Waals surface area contributed by atoms with Gasteiger partial charge in [0.1, 0.15) is 4.90 Å². The van der Waals surface area contributed by atoms with Crippen LogP contribution in [0.5, 0.6) is 0 Å². The summed E-state index contributed by atoms with van der Waals surface area (Å²) in [7, 11) is -3.66. The van der Waals surface area contributed by atoms with E-state index in [0.29, 0.717) is 5.69 Å². The van der Waals surface area contributed by atoms with Gasteiger partial charge in [0.05, 0.1) is 5.02 Å². The van der Waals surface area contributed by atoms with Gasteiger partial charge in [-0.15, -0.1) is 11.3 Å². The molecule has 0 fully saturated rings. The third kappa shape index (κ3) is 3.48. The summed E-state index contributed by atoms with van der Waals surface area (Å²) in [6.45, 7) is 2.21. The van der Waals surface area contributed by atoms with Crippen molar-refractivity contribution in [1.29, 1.82) is 0 Å². The zero-order chi connectivity index (χ0) is 14.0. The highest BCUT2D eigenvalue weighted by molar-refractivity contribution is 7.89. The molecule has 0 aliphatic rings. The zero-order valence-electron chi connectivity index (χ0n) is 10.2. The summed E-state index contributed by atoms with van der Waals surface area (Å²) in [6.07, 6.45) is 0. The van der Waals surface area contributed by atoms with Crippen LogP contribution in [0.25, 0.3) is 0 Å². The van der Waals surface area contributed by atoms with E-state index in [2.05, 4.69) is 4.72 Å². The standard InChI is InChI=1S/C12H13ClN2O2S2/c1-8-2-4-10(18-8)7-15-19(16,17)12-6-9(14)3-5-11(12)13/h2-6,15H,7,14H2,1H3. The monoisotopic (exact) mass is 316 g/mol. The number of sulfonamides is 1. The lowest BCUT2D eigenvalue weighted by Crippen LogP contribution is -2.23. The van der Waals surface area contributed by atoms with Gasteiger partial charge in [0, 0.05) is 22.0 Å². The molecule has 3 N–H and O–H groups in total. The van der Waals surface area contributed by atoms with Crippen LogP contribution in [-0.4, -0.2) is 8.42 Å². The minimum atomic E-state index is -3.66. The van der Waals surface area contributed by atoms with Crippen LogP contribution in [0.3, 0.4) is 0 Å². The maximum Gasteiger partial charge on any atom is 0.242 e. The predicted octanol–water partition coefficient (Wildman–Crippen LogP) is 2.77. The topological polar surface area (TPSA) is 72.2 Å². The summed E-state index contributed by atoms with van der Waals surface area (Å²) in [6, 6.07) is 8.22. The van der Waals surface area contributed by atoms with Crippen molar-refractivity contribution in [3.8, 4) is 0 Å². The number of hydrogen-bond donors (Lipinski definition) is 2. The lowest BCUT2D eigenvalue weighted by Gasteiger charge is -2.08.